The lowest BCUT2D eigenvalue weighted by atomic mass is 10.1. The van der Waals surface area contributed by atoms with E-state index in [4.69, 9.17) is 0 Å². The van der Waals surface area contributed by atoms with Crippen LogP contribution in [-0.2, 0) is 18.3 Å². The third kappa shape index (κ3) is 3.42. The van der Waals surface area contributed by atoms with Crippen molar-refractivity contribution in [2.45, 2.75) is 13.3 Å². The van der Waals surface area contributed by atoms with Gasteiger partial charge in [0.05, 0.1) is 6.42 Å². The maximum atomic E-state index is 12.2. The van der Waals surface area contributed by atoms with Gasteiger partial charge in [-0.2, -0.15) is 0 Å². The highest BCUT2D eigenvalue weighted by molar-refractivity contribution is 5.93. The largest absolute Gasteiger partial charge is 0.326 e. The Kier molecular flexibility index (Phi) is 4.14. The summed E-state index contributed by atoms with van der Waals surface area (Å²) in [6.45, 7) is 2.00. The summed E-state index contributed by atoms with van der Waals surface area (Å²) in [5.41, 5.74) is 3.72. The van der Waals surface area contributed by atoms with Crippen LogP contribution in [0, 0.1) is 6.92 Å². The summed E-state index contributed by atoms with van der Waals surface area (Å²) < 4.78 is 1.59. The van der Waals surface area contributed by atoms with Gasteiger partial charge in [0.15, 0.2) is 5.82 Å². The predicted octanol–water partition coefficient (Wildman–Crippen LogP) is 2.37. The Morgan fingerprint density at radius 2 is 2.00 bits per heavy atom. The second-order valence-electron chi connectivity index (χ2n) is 5.36. The van der Waals surface area contributed by atoms with Gasteiger partial charge >= 0.3 is 0 Å². The highest BCUT2D eigenvalue weighted by Crippen LogP contribution is 2.20. The van der Waals surface area contributed by atoms with Crippen molar-refractivity contribution in [3.05, 3.63) is 59.7 Å². The number of benzene rings is 2. The van der Waals surface area contributed by atoms with Gasteiger partial charge in [-0.15, -0.1) is 5.10 Å². The van der Waals surface area contributed by atoms with Crippen molar-refractivity contribution in [3.8, 4) is 11.4 Å². The third-order valence-corrected chi connectivity index (χ3v) is 3.64. The quantitative estimate of drug-likeness (QED) is 0.803. The van der Waals surface area contributed by atoms with E-state index in [-0.39, 0.29) is 5.91 Å². The fourth-order valence-corrected chi connectivity index (χ4v) is 2.40. The normalized spacial score (nSPS) is 10.5. The van der Waals surface area contributed by atoms with Gasteiger partial charge in [0, 0.05) is 18.3 Å². The van der Waals surface area contributed by atoms with Crippen LogP contribution in [0.25, 0.3) is 11.4 Å². The van der Waals surface area contributed by atoms with Crippen molar-refractivity contribution in [1.29, 1.82) is 0 Å². The predicted molar refractivity (Wildman–Crippen MR) is 87.7 cm³/mol. The van der Waals surface area contributed by atoms with Gasteiger partial charge in [-0.1, -0.05) is 36.4 Å². The molecule has 0 spiro atoms. The molecule has 0 saturated heterocycles. The van der Waals surface area contributed by atoms with Crippen molar-refractivity contribution in [2.75, 3.05) is 5.32 Å². The fraction of sp³-hybridized carbons (Fsp3) is 0.176. The minimum Gasteiger partial charge on any atom is -0.326 e. The first kappa shape index (κ1) is 14.9. The van der Waals surface area contributed by atoms with Crippen LogP contribution in [0.5, 0.6) is 0 Å². The molecule has 6 heteroatoms. The van der Waals surface area contributed by atoms with E-state index in [1.54, 1.807) is 11.7 Å². The van der Waals surface area contributed by atoms with Crippen LogP contribution in [-0.4, -0.2) is 26.1 Å². The number of aromatic nitrogens is 4. The number of nitrogens with one attached hydrogen (secondary N) is 1. The molecular weight excluding hydrogens is 290 g/mol. The summed E-state index contributed by atoms with van der Waals surface area (Å²) in [6.07, 6.45) is 0.350. The van der Waals surface area contributed by atoms with E-state index in [1.807, 2.05) is 55.5 Å². The number of aryl methyl sites for hydroxylation is 2. The van der Waals surface area contributed by atoms with Crippen LogP contribution >= 0.6 is 0 Å². The molecule has 23 heavy (non-hydrogen) atoms. The second kappa shape index (κ2) is 6.39. The van der Waals surface area contributed by atoms with Crippen molar-refractivity contribution < 1.29 is 4.79 Å². The van der Waals surface area contributed by atoms with E-state index in [1.165, 1.54) is 0 Å². The molecule has 0 unspecified atom stereocenters. The SMILES string of the molecule is Cc1ccccc1CC(=O)Nc1cccc(-c2nnnn2C)c1. The number of hydrogen-bond acceptors (Lipinski definition) is 4. The van der Waals surface area contributed by atoms with Gasteiger partial charge < -0.3 is 5.32 Å². The van der Waals surface area contributed by atoms with Crippen LogP contribution < -0.4 is 5.32 Å². The van der Waals surface area contributed by atoms with Gasteiger partial charge in [-0.25, -0.2) is 4.68 Å². The van der Waals surface area contributed by atoms with Crippen molar-refractivity contribution in [2.24, 2.45) is 7.05 Å². The molecule has 1 amide bonds. The van der Waals surface area contributed by atoms with Crippen LogP contribution in [0.15, 0.2) is 48.5 Å². The smallest absolute Gasteiger partial charge is 0.228 e. The molecule has 0 saturated carbocycles. The number of amides is 1. The van der Waals surface area contributed by atoms with Crippen molar-refractivity contribution in [3.63, 3.8) is 0 Å². The third-order valence-electron chi connectivity index (χ3n) is 3.64. The topological polar surface area (TPSA) is 72.7 Å². The summed E-state index contributed by atoms with van der Waals surface area (Å²) >= 11 is 0. The zero-order chi connectivity index (χ0) is 16.2. The highest BCUT2D eigenvalue weighted by Gasteiger charge is 2.09. The first-order valence-electron chi connectivity index (χ1n) is 7.30. The van der Waals surface area contributed by atoms with Gasteiger partial charge in [-0.05, 0) is 40.6 Å². The molecule has 0 radical (unpaired) electrons. The van der Waals surface area contributed by atoms with Crippen molar-refractivity contribution >= 4 is 11.6 Å². The summed E-state index contributed by atoms with van der Waals surface area (Å²) in [5.74, 6) is 0.604. The lowest BCUT2D eigenvalue weighted by Crippen LogP contribution is -2.15. The molecule has 3 rings (SSSR count). The minimum atomic E-state index is -0.0486. The number of hydrogen-bond donors (Lipinski definition) is 1. The average molecular weight is 307 g/mol. The van der Waals surface area contributed by atoms with E-state index in [9.17, 15) is 4.79 Å². The molecule has 3 aromatic rings. The average Bonchev–Trinajstić information content (AvgIpc) is 2.96. The number of rotatable bonds is 4. The van der Waals surface area contributed by atoms with E-state index in [2.05, 4.69) is 20.8 Å². The zero-order valence-corrected chi connectivity index (χ0v) is 13.0. The number of carbonyl (C=O) groups is 1. The molecular formula is C17H17N5O. The summed E-state index contributed by atoms with van der Waals surface area (Å²) in [5, 5.41) is 14.3. The molecule has 116 valence electrons. The Labute approximate surface area is 134 Å². The molecule has 1 heterocycles. The lowest BCUT2D eigenvalue weighted by molar-refractivity contribution is -0.115. The fourth-order valence-electron chi connectivity index (χ4n) is 2.40. The molecule has 0 bridgehead atoms. The van der Waals surface area contributed by atoms with Gasteiger partial charge in [0.2, 0.25) is 5.91 Å². The van der Waals surface area contributed by atoms with Gasteiger partial charge in [-0.3, -0.25) is 4.79 Å². The number of nitrogens with zero attached hydrogens (tertiary/aromatic N) is 4. The Bertz CT molecular complexity index is 840. The van der Waals surface area contributed by atoms with E-state index < -0.39 is 0 Å². The van der Waals surface area contributed by atoms with E-state index >= 15 is 0 Å². The maximum absolute atomic E-state index is 12.2. The first-order valence-corrected chi connectivity index (χ1v) is 7.30. The molecule has 0 atom stereocenters. The number of carbonyl (C=O) groups excluding carboxylic acids is 1. The minimum absolute atomic E-state index is 0.0486. The number of tetrazole rings is 1. The Morgan fingerprint density at radius 3 is 2.74 bits per heavy atom. The second-order valence-corrected chi connectivity index (χ2v) is 5.36. The highest BCUT2D eigenvalue weighted by atomic mass is 16.1. The molecule has 2 aromatic carbocycles. The first-order chi connectivity index (χ1) is 11.1. The molecule has 0 aliphatic heterocycles. The van der Waals surface area contributed by atoms with Gasteiger partial charge in [0.25, 0.3) is 0 Å². The molecule has 6 nitrogen and oxygen atoms in total. The Morgan fingerprint density at radius 1 is 1.17 bits per heavy atom. The summed E-state index contributed by atoms with van der Waals surface area (Å²) in [7, 11) is 1.78. The number of anilines is 1. The lowest BCUT2D eigenvalue weighted by Gasteiger charge is -2.08. The van der Waals surface area contributed by atoms with Crippen LogP contribution in [0.2, 0.25) is 0 Å². The molecule has 1 N–H and O–H groups in total. The Hall–Kier alpha value is -3.02. The molecule has 0 aliphatic carbocycles. The standard InChI is InChI=1S/C17H17N5O/c1-12-6-3-4-7-13(12)11-16(23)18-15-9-5-8-14(10-15)17-19-20-21-22(17)2/h3-10H,11H2,1-2H3,(H,18,23). The Balaban J connectivity index is 1.74. The van der Waals surface area contributed by atoms with Crippen molar-refractivity contribution in [1.82, 2.24) is 20.2 Å². The summed E-state index contributed by atoms with van der Waals surface area (Å²) in [4.78, 5) is 12.2. The molecule has 0 fully saturated rings. The maximum Gasteiger partial charge on any atom is 0.228 e. The van der Waals surface area contributed by atoms with Gasteiger partial charge in [0.1, 0.15) is 0 Å². The van der Waals surface area contributed by atoms with Crippen LogP contribution in [0.3, 0.4) is 0 Å². The monoisotopic (exact) mass is 307 g/mol. The molecule has 0 aliphatic rings. The van der Waals surface area contributed by atoms with E-state index in [0.29, 0.717) is 12.2 Å². The molecule has 1 aromatic heterocycles. The zero-order valence-electron chi connectivity index (χ0n) is 13.0. The van der Waals surface area contributed by atoms with Crippen LogP contribution in [0.1, 0.15) is 11.1 Å². The summed E-state index contributed by atoms with van der Waals surface area (Å²) in [6, 6.07) is 15.4. The van der Waals surface area contributed by atoms with Crippen LogP contribution in [0.4, 0.5) is 5.69 Å². The van der Waals surface area contributed by atoms with E-state index in [0.717, 1.165) is 22.4 Å².